The Hall–Kier alpha value is -3.16. The van der Waals surface area contributed by atoms with Crippen LogP contribution in [0.4, 0.5) is 5.95 Å². The van der Waals surface area contributed by atoms with Gasteiger partial charge in [-0.25, -0.2) is 4.98 Å². The molecule has 3 amide bonds. The molecule has 2 aliphatic heterocycles. The second-order valence-corrected chi connectivity index (χ2v) is 6.76. The first-order chi connectivity index (χ1) is 13.1. The van der Waals surface area contributed by atoms with E-state index in [0.717, 1.165) is 5.95 Å². The van der Waals surface area contributed by atoms with Crippen LogP contribution in [0.25, 0.3) is 0 Å². The molecule has 4 rings (SSSR count). The maximum atomic E-state index is 12.5. The number of carbonyl (C=O) groups excluding carboxylic acids is 3. The van der Waals surface area contributed by atoms with Crippen molar-refractivity contribution in [2.75, 3.05) is 37.6 Å². The van der Waals surface area contributed by atoms with Gasteiger partial charge in [-0.05, 0) is 12.1 Å². The van der Waals surface area contributed by atoms with Crippen molar-refractivity contribution in [1.82, 2.24) is 19.4 Å². The van der Waals surface area contributed by atoms with E-state index in [9.17, 15) is 14.4 Å². The third-order valence-electron chi connectivity index (χ3n) is 5.14. The summed E-state index contributed by atoms with van der Waals surface area (Å²) in [5, 5.41) is 0. The molecule has 1 aromatic carbocycles. The lowest BCUT2D eigenvalue weighted by molar-refractivity contribution is -0.131. The van der Waals surface area contributed by atoms with Crippen molar-refractivity contribution in [3.8, 4) is 0 Å². The van der Waals surface area contributed by atoms with Gasteiger partial charge in [-0.2, -0.15) is 0 Å². The summed E-state index contributed by atoms with van der Waals surface area (Å²) in [6, 6.07) is 6.77. The van der Waals surface area contributed by atoms with E-state index in [4.69, 9.17) is 0 Å². The van der Waals surface area contributed by atoms with Gasteiger partial charge in [0.2, 0.25) is 11.9 Å². The van der Waals surface area contributed by atoms with Gasteiger partial charge >= 0.3 is 0 Å². The first-order valence-corrected chi connectivity index (χ1v) is 9.01. The van der Waals surface area contributed by atoms with Gasteiger partial charge in [-0.3, -0.25) is 19.3 Å². The predicted molar refractivity (Wildman–Crippen MR) is 98.4 cm³/mol. The molecule has 8 nitrogen and oxygen atoms in total. The Morgan fingerprint density at radius 3 is 2.22 bits per heavy atom. The van der Waals surface area contributed by atoms with Crippen LogP contribution in [-0.4, -0.2) is 69.8 Å². The first kappa shape index (κ1) is 17.3. The molecule has 0 N–H and O–H groups in total. The fourth-order valence-corrected chi connectivity index (χ4v) is 3.63. The van der Waals surface area contributed by atoms with E-state index in [1.807, 2.05) is 17.8 Å². The molecule has 1 saturated heterocycles. The monoisotopic (exact) mass is 367 g/mol. The third kappa shape index (κ3) is 3.07. The van der Waals surface area contributed by atoms with Gasteiger partial charge < -0.3 is 14.4 Å². The summed E-state index contributed by atoms with van der Waals surface area (Å²) in [6.45, 7) is 2.75. The molecular formula is C19H21N5O3. The molecule has 0 spiro atoms. The van der Waals surface area contributed by atoms with Crippen molar-refractivity contribution in [1.29, 1.82) is 0 Å². The number of benzene rings is 1. The molecule has 0 saturated carbocycles. The Kier molecular flexibility index (Phi) is 4.39. The van der Waals surface area contributed by atoms with E-state index in [2.05, 4.69) is 9.88 Å². The number of hydrogen-bond acceptors (Lipinski definition) is 5. The number of rotatable bonds is 4. The molecule has 1 fully saturated rings. The molecule has 2 aromatic rings. The smallest absolute Gasteiger partial charge is 0.261 e. The van der Waals surface area contributed by atoms with Crippen LogP contribution in [-0.2, 0) is 11.8 Å². The number of aryl methyl sites for hydroxylation is 1. The Balaban J connectivity index is 1.32. The summed E-state index contributed by atoms with van der Waals surface area (Å²) in [6.07, 6.45) is 3.80. The van der Waals surface area contributed by atoms with Gasteiger partial charge in [-0.1, -0.05) is 12.1 Å². The summed E-state index contributed by atoms with van der Waals surface area (Å²) >= 11 is 0. The molecule has 0 unspecified atom stereocenters. The van der Waals surface area contributed by atoms with Crippen LogP contribution >= 0.6 is 0 Å². The van der Waals surface area contributed by atoms with Gasteiger partial charge in [0, 0.05) is 58.6 Å². The lowest BCUT2D eigenvalue weighted by atomic mass is 10.1. The van der Waals surface area contributed by atoms with E-state index in [0.29, 0.717) is 37.3 Å². The quantitative estimate of drug-likeness (QED) is 0.746. The lowest BCUT2D eigenvalue weighted by Crippen LogP contribution is -2.50. The van der Waals surface area contributed by atoms with Gasteiger partial charge in [0.15, 0.2) is 0 Å². The van der Waals surface area contributed by atoms with Crippen molar-refractivity contribution in [3.05, 3.63) is 47.8 Å². The highest BCUT2D eigenvalue weighted by atomic mass is 16.2. The summed E-state index contributed by atoms with van der Waals surface area (Å²) in [7, 11) is 1.95. The summed E-state index contributed by atoms with van der Waals surface area (Å²) in [5.74, 6) is 0.227. The number of aromatic nitrogens is 2. The molecule has 140 valence electrons. The average Bonchev–Trinajstić information content (AvgIpc) is 3.22. The molecule has 0 bridgehead atoms. The minimum atomic E-state index is -0.317. The second kappa shape index (κ2) is 6.86. The van der Waals surface area contributed by atoms with Crippen LogP contribution in [0.15, 0.2) is 36.7 Å². The maximum absolute atomic E-state index is 12.5. The Labute approximate surface area is 157 Å². The summed E-state index contributed by atoms with van der Waals surface area (Å²) < 4.78 is 1.96. The zero-order valence-electron chi connectivity index (χ0n) is 15.2. The molecule has 27 heavy (non-hydrogen) atoms. The van der Waals surface area contributed by atoms with Crippen LogP contribution in [0.5, 0.6) is 0 Å². The molecule has 0 radical (unpaired) electrons. The normalized spacial score (nSPS) is 16.9. The number of piperazine rings is 1. The molecule has 3 heterocycles. The summed E-state index contributed by atoms with van der Waals surface area (Å²) in [5.41, 5.74) is 0.831. The van der Waals surface area contributed by atoms with E-state index < -0.39 is 0 Å². The first-order valence-electron chi connectivity index (χ1n) is 9.01. The molecule has 0 atom stereocenters. The Morgan fingerprint density at radius 2 is 1.67 bits per heavy atom. The molecular weight excluding hydrogens is 346 g/mol. The number of hydrogen-bond donors (Lipinski definition) is 0. The fourth-order valence-electron chi connectivity index (χ4n) is 3.63. The van der Waals surface area contributed by atoms with Crippen molar-refractivity contribution < 1.29 is 14.4 Å². The van der Waals surface area contributed by atoms with Crippen LogP contribution in [0.1, 0.15) is 27.1 Å². The number of imidazole rings is 1. The number of amides is 3. The number of anilines is 1. The van der Waals surface area contributed by atoms with Crippen LogP contribution in [0.2, 0.25) is 0 Å². The SMILES string of the molecule is Cn1ccnc1N1CCN(C(=O)CCN2C(=O)c3ccccc3C2=O)CC1. The van der Waals surface area contributed by atoms with Gasteiger partial charge in [0.05, 0.1) is 11.1 Å². The number of imide groups is 1. The number of carbonyl (C=O) groups is 3. The Bertz CT molecular complexity index is 863. The predicted octanol–water partition coefficient (Wildman–Crippen LogP) is 0.755. The molecule has 8 heteroatoms. The maximum Gasteiger partial charge on any atom is 0.261 e. The fraction of sp³-hybridized carbons (Fsp3) is 0.368. The van der Waals surface area contributed by atoms with Crippen LogP contribution in [0, 0.1) is 0 Å². The van der Waals surface area contributed by atoms with Crippen LogP contribution < -0.4 is 4.90 Å². The minimum absolute atomic E-state index is 0.0361. The zero-order chi connectivity index (χ0) is 19.0. The standard InChI is InChI=1S/C19H21N5O3/c1-21-9-7-20-19(21)23-12-10-22(11-13-23)16(25)6-8-24-17(26)14-4-2-3-5-15(14)18(24)27/h2-5,7,9H,6,8,10-13H2,1H3. The topological polar surface area (TPSA) is 78.8 Å². The third-order valence-corrected chi connectivity index (χ3v) is 5.14. The molecule has 2 aliphatic rings. The van der Waals surface area contributed by atoms with Crippen molar-refractivity contribution >= 4 is 23.7 Å². The van der Waals surface area contributed by atoms with E-state index in [1.54, 1.807) is 35.4 Å². The second-order valence-electron chi connectivity index (χ2n) is 6.76. The van der Waals surface area contributed by atoms with Crippen LogP contribution in [0.3, 0.4) is 0 Å². The highest BCUT2D eigenvalue weighted by molar-refractivity contribution is 6.21. The van der Waals surface area contributed by atoms with Crippen molar-refractivity contribution in [2.45, 2.75) is 6.42 Å². The van der Waals surface area contributed by atoms with Crippen molar-refractivity contribution in [3.63, 3.8) is 0 Å². The molecule has 1 aromatic heterocycles. The molecule has 0 aliphatic carbocycles. The lowest BCUT2D eigenvalue weighted by Gasteiger charge is -2.35. The Morgan fingerprint density at radius 1 is 1.04 bits per heavy atom. The van der Waals surface area contributed by atoms with Gasteiger partial charge in [0.25, 0.3) is 11.8 Å². The minimum Gasteiger partial charge on any atom is -0.339 e. The van der Waals surface area contributed by atoms with Gasteiger partial charge in [0.1, 0.15) is 0 Å². The van der Waals surface area contributed by atoms with E-state index in [1.165, 1.54) is 4.90 Å². The largest absolute Gasteiger partial charge is 0.339 e. The average molecular weight is 367 g/mol. The number of nitrogens with zero attached hydrogens (tertiary/aromatic N) is 5. The van der Waals surface area contributed by atoms with E-state index in [-0.39, 0.29) is 30.7 Å². The summed E-state index contributed by atoms with van der Waals surface area (Å²) in [4.78, 5) is 46.7. The van der Waals surface area contributed by atoms with Gasteiger partial charge in [-0.15, -0.1) is 0 Å². The highest BCUT2D eigenvalue weighted by Crippen LogP contribution is 2.22. The highest BCUT2D eigenvalue weighted by Gasteiger charge is 2.35. The van der Waals surface area contributed by atoms with Crippen molar-refractivity contribution in [2.24, 2.45) is 7.05 Å². The zero-order valence-corrected chi connectivity index (χ0v) is 15.2. The van der Waals surface area contributed by atoms with E-state index >= 15 is 0 Å². The number of fused-ring (bicyclic) bond motifs is 1.